The van der Waals surface area contributed by atoms with Gasteiger partial charge in [-0.2, -0.15) is 0 Å². The summed E-state index contributed by atoms with van der Waals surface area (Å²) in [6.45, 7) is 2.26. The average Bonchev–Trinajstić information content (AvgIpc) is 2.44. The summed E-state index contributed by atoms with van der Waals surface area (Å²) < 4.78 is 0.724. The average molecular weight is 216 g/mol. The van der Waals surface area contributed by atoms with Gasteiger partial charge in [0.25, 0.3) is 0 Å². The Labute approximate surface area is 88.1 Å². The van der Waals surface area contributed by atoms with Crippen LogP contribution < -0.4 is 0 Å². The minimum absolute atomic E-state index is 0.724. The molecule has 0 N–H and O–H groups in total. The summed E-state index contributed by atoms with van der Waals surface area (Å²) in [6, 6.07) is 0. The third-order valence-corrected chi connectivity index (χ3v) is 3.94. The molecule has 0 amide bonds. The number of nitrogens with zero attached hydrogens (tertiary/aromatic N) is 1. The predicted molar refractivity (Wildman–Crippen MR) is 57.5 cm³/mol. The molecule has 1 aromatic heterocycles. The summed E-state index contributed by atoms with van der Waals surface area (Å²) >= 11 is 7.56. The fraction of sp³-hybridized carbons (Fsp3) is 0.700. The summed E-state index contributed by atoms with van der Waals surface area (Å²) in [5.41, 5.74) is 1.27. The van der Waals surface area contributed by atoms with Gasteiger partial charge < -0.3 is 0 Å². The number of hydrogen-bond donors (Lipinski definition) is 0. The molecule has 13 heavy (non-hydrogen) atoms. The van der Waals surface area contributed by atoms with E-state index in [-0.39, 0.29) is 0 Å². The van der Waals surface area contributed by atoms with E-state index in [4.69, 9.17) is 11.6 Å². The third-order valence-electron chi connectivity index (χ3n) is 2.71. The maximum absolute atomic E-state index is 5.88. The molecule has 3 heteroatoms. The van der Waals surface area contributed by atoms with Crippen LogP contribution in [0, 0.1) is 5.92 Å². The Morgan fingerprint density at radius 2 is 2.46 bits per heavy atom. The van der Waals surface area contributed by atoms with Crippen LogP contribution in [0.5, 0.6) is 0 Å². The molecular formula is C10H14ClNS. The van der Waals surface area contributed by atoms with E-state index < -0.39 is 0 Å². The first-order valence-electron chi connectivity index (χ1n) is 4.93. The van der Waals surface area contributed by atoms with Crippen molar-refractivity contribution in [3.05, 3.63) is 15.0 Å². The van der Waals surface area contributed by atoms with Crippen LogP contribution in [0.2, 0.25) is 4.47 Å². The van der Waals surface area contributed by atoms with Gasteiger partial charge in [0, 0.05) is 4.88 Å². The van der Waals surface area contributed by atoms with Gasteiger partial charge in [-0.05, 0) is 25.2 Å². The SMILES string of the molecule is CCC[C@H]1CCc2nc(Cl)sc2C1. The van der Waals surface area contributed by atoms with Gasteiger partial charge in [-0.3, -0.25) is 0 Å². The molecule has 0 saturated carbocycles. The Kier molecular flexibility index (Phi) is 2.89. The highest BCUT2D eigenvalue weighted by Crippen LogP contribution is 2.33. The van der Waals surface area contributed by atoms with Gasteiger partial charge in [-0.15, -0.1) is 11.3 Å². The molecule has 0 bridgehead atoms. The van der Waals surface area contributed by atoms with Gasteiger partial charge in [-0.1, -0.05) is 31.4 Å². The largest absolute Gasteiger partial charge is 0.230 e. The maximum Gasteiger partial charge on any atom is 0.184 e. The molecule has 0 radical (unpaired) electrons. The fourth-order valence-corrected chi connectivity index (χ4v) is 3.39. The first kappa shape index (κ1) is 9.47. The lowest BCUT2D eigenvalue weighted by Gasteiger charge is -2.19. The van der Waals surface area contributed by atoms with Gasteiger partial charge >= 0.3 is 0 Å². The first-order chi connectivity index (χ1) is 6.29. The standard InChI is InChI=1S/C10H14ClNS/c1-2-3-7-4-5-8-9(6-7)13-10(11)12-8/h7H,2-6H2,1H3/t7-/m0/s1. The van der Waals surface area contributed by atoms with Gasteiger partial charge in [0.2, 0.25) is 0 Å². The van der Waals surface area contributed by atoms with Crippen LogP contribution in [0.15, 0.2) is 0 Å². The third kappa shape index (κ3) is 2.05. The number of fused-ring (bicyclic) bond motifs is 1. The van der Waals surface area contributed by atoms with E-state index in [1.165, 1.54) is 36.3 Å². The van der Waals surface area contributed by atoms with Crippen molar-refractivity contribution in [3.8, 4) is 0 Å². The molecule has 72 valence electrons. The van der Waals surface area contributed by atoms with Crippen molar-refractivity contribution >= 4 is 22.9 Å². The molecule has 1 atom stereocenters. The van der Waals surface area contributed by atoms with E-state index in [1.807, 2.05) is 0 Å². The molecule has 1 heterocycles. The number of rotatable bonds is 2. The summed E-state index contributed by atoms with van der Waals surface area (Å²) in [6.07, 6.45) is 6.32. The van der Waals surface area contributed by atoms with E-state index in [1.54, 1.807) is 11.3 Å². The highest BCUT2D eigenvalue weighted by Gasteiger charge is 2.21. The van der Waals surface area contributed by atoms with Gasteiger partial charge in [0.1, 0.15) is 0 Å². The lowest BCUT2D eigenvalue weighted by atomic mass is 9.88. The van der Waals surface area contributed by atoms with E-state index in [0.29, 0.717) is 0 Å². The summed E-state index contributed by atoms with van der Waals surface area (Å²) in [4.78, 5) is 5.77. The lowest BCUT2D eigenvalue weighted by Crippen LogP contribution is -2.12. The number of aryl methyl sites for hydroxylation is 1. The van der Waals surface area contributed by atoms with Crippen LogP contribution in [0.4, 0.5) is 0 Å². The van der Waals surface area contributed by atoms with E-state index in [9.17, 15) is 0 Å². The van der Waals surface area contributed by atoms with E-state index >= 15 is 0 Å². The minimum Gasteiger partial charge on any atom is -0.230 e. The zero-order valence-corrected chi connectivity index (χ0v) is 9.42. The van der Waals surface area contributed by atoms with Crippen molar-refractivity contribution in [2.24, 2.45) is 5.92 Å². The Morgan fingerprint density at radius 1 is 1.62 bits per heavy atom. The molecule has 1 aliphatic rings. The molecule has 0 saturated heterocycles. The number of halogens is 1. The summed E-state index contributed by atoms with van der Waals surface area (Å²) in [5.74, 6) is 0.883. The predicted octanol–water partition coefficient (Wildman–Crippen LogP) is 3.70. The Hall–Kier alpha value is -0.0800. The van der Waals surface area contributed by atoms with Crippen molar-refractivity contribution in [2.45, 2.75) is 39.0 Å². The van der Waals surface area contributed by atoms with Gasteiger partial charge in [0.05, 0.1) is 5.69 Å². The Bertz CT molecular complexity index is 295. The molecule has 0 aliphatic heterocycles. The molecule has 2 rings (SSSR count). The fourth-order valence-electron chi connectivity index (χ4n) is 2.07. The van der Waals surface area contributed by atoms with Crippen molar-refractivity contribution in [1.82, 2.24) is 4.98 Å². The highest BCUT2D eigenvalue weighted by atomic mass is 35.5. The second kappa shape index (κ2) is 3.97. The second-order valence-electron chi connectivity index (χ2n) is 3.73. The molecule has 0 aromatic carbocycles. The topological polar surface area (TPSA) is 12.9 Å². The Morgan fingerprint density at radius 3 is 3.23 bits per heavy atom. The lowest BCUT2D eigenvalue weighted by molar-refractivity contribution is 0.424. The smallest absolute Gasteiger partial charge is 0.184 e. The van der Waals surface area contributed by atoms with Crippen LogP contribution in [0.25, 0.3) is 0 Å². The highest BCUT2D eigenvalue weighted by molar-refractivity contribution is 7.15. The van der Waals surface area contributed by atoms with Gasteiger partial charge in [-0.25, -0.2) is 4.98 Å². The van der Waals surface area contributed by atoms with Crippen molar-refractivity contribution in [3.63, 3.8) is 0 Å². The molecule has 1 aromatic rings. The maximum atomic E-state index is 5.88. The van der Waals surface area contributed by atoms with E-state index in [0.717, 1.165) is 16.8 Å². The number of aromatic nitrogens is 1. The molecule has 0 unspecified atom stereocenters. The van der Waals surface area contributed by atoms with Crippen LogP contribution in [0.3, 0.4) is 0 Å². The summed E-state index contributed by atoms with van der Waals surface area (Å²) in [5, 5.41) is 0. The van der Waals surface area contributed by atoms with Crippen LogP contribution in [-0.4, -0.2) is 4.98 Å². The van der Waals surface area contributed by atoms with Crippen molar-refractivity contribution < 1.29 is 0 Å². The Balaban J connectivity index is 2.10. The number of hydrogen-bond acceptors (Lipinski definition) is 2. The van der Waals surface area contributed by atoms with Crippen LogP contribution >= 0.6 is 22.9 Å². The quantitative estimate of drug-likeness (QED) is 0.733. The molecular weight excluding hydrogens is 202 g/mol. The zero-order valence-electron chi connectivity index (χ0n) is 7.85. The minimum atomic E-state index is 0.724. The van der Waals surface area contributed by atoms with Crippen LogP contribution in [0.1, 0.15) is 36.8 Å². The molecule has 0 fully saturated rings. The van der Waals surface area contributed by atoms with Crippen LogP contribution in [-0.2, 0) is 12.8 Å². The summed E-state index contributed by atoms with van der Waals surface area (Å²) in [7, 11) is 0. The number of thiazole rings is 1. The second-order valence-corrected chi connectivity index (χ2v) is 5.40. The molecule has 1 aliphatic carbocycles. The molecule has 1 nitrogen and oxygen atoms in total. The first-order valence-corrected chi connectivity index (χ1v) is 6.13. The monoisotopic (exact) mass is 215 g/mol. The van der Waals surface area contributed by atoms with Crippen molar-refractivity contribution in [1.29, 1.82) is 0 Å². The normalized spacial score (nSPS) is 21.5. The van der Waals surface area contributed by atoms with E-state index in [2.05, 4.69) is 11.9 Å². The zero-order chi connectivity index (χ0) is 9.26. The van der Waals surface area contributed by atoms with Gasteiger partial charge in [0.15, 0.2) is 4.47 Å². The van der Waals surface area contributed by atoms with Crippen molar-refractivity contribution in [2.75, 3.05) is 0 Å². The molecule has 0 spiro atoms.